The number of benzene rings is 1. The van der Waals surface area contributed by atoms with Crippen LogP contribution in [0.3, 0.4) is 0 Å². The van der Waals surface area contributed by atoms with Crippen LogP contribution >= 0.6 is 11.6 Å². The Labute approximate surface area is 152 Å². The Morgan fingerprint density at radius 3 is 2.46 bits per heavy atom. The molecule has 4 heteroatoms. The van der Waals surface area contributed by atoms with E-state index in [-0.39, 0.29) is 0 Å². The van der Waals surface area contributed by atoms with E-state index in [1.807, 2.05) is 0 Å². The fourth-order valence-corrected chi connectivity index (χ4v) is 4.44. The Morgan fingerprint density at radius 2 is 1.79 bits per heavy atom. The van der Waals surface area contributed by atoms with Gasteiger partial charge in [0.15, 0.2) is 0 Å². The Morgan fingerprint density at radius 1 is 1.08 bits per heavy atom. The lowest BCUT2D eigenvalue weighted by molar-refractivity contribution is 0.212. The van der Waals surface area contributed by atoms with Crippen LogP contribution < -0.4 is 10.2 Å². The predicted octanol–water partition coefficient (Wildman–Crippen LogP) is 3.94. The molecular formula is C20H32ClN3. The van der Waals surface area contributed by atoms with Crippen molar-refractivity contribution in [3.8, 4) is 0 Å². The molecule has 1 aliphatic carbocycles. The Balaban J connectivity index is 1.42. The van der Waals surface area contributed by atoms with Crippen molar-refractivity contribution in [1.29, 1.82) is 0 Å². The number of rotatable bonds is 5. The maximum absolute atomic E-state index is 6.49. The van der Waals surface area contributed by atoms with Crippen molar-refractivity contribution in [3.63, 3.8) is 0 Å². The smallest absolute Gasteiger partial charge is 0.0668 e. The third kappa shape index (κ3) is 4.44. The summed E-state index contributed by atoms with van der Waals surface area (Å²) in [5.74, 6) is 0.943. The van der Waals surface area contributed by atoms with Gasteiger partial charge in [0.05, 0.1) is 10.7 Å². The van der Waals surface area contributed by atoms with Crippen molar-refractivity contribution >= 4 is 17.3 Å². The lowest BCUT2D eigenvalue weighted by Gasteiger charge is -2.37. The van der Waals surface area contributed by atoms with Crippen LogP contribution in [-0.4, -0.2) is 50.7 Å². The number of nitrogens with zero attached hydrogens (tertiary/aromatic N) is 2. The molecule has 3 nitrogen and oxygen atoms in total. The quantitative estimate of drug-likeness (QED) is 0.868. The van der Waals surface area contributed by atoms with Gasteiger partial charge in [0.1, 0.15) is 0 Å². The number of halogens is 1. The summed E-state index contributed by atoms with van der Waals surface area (Å²) in [6.07, 6.45) is 6.91. The molecule has 0 bridgehead atoms. The normalized spacial score (nSPS) is 25.9. The van der Waals surface area contributed by atoms with Gasteiger partial charge in [-0.15, -0.1) is 0 Å². The first-order valence-electron chi connectivity index (χ1n) is 9.57. The van der Waals surface area contributed by atoms with Crippen LogP contribution in [0.1, 0.15) is 37.7 Å². The maximum Gasteiger partial charge on any atom is 0.0668 e. The summed E-state index contributed by atoms with van der Waals surface area (Å²) in [4.78, 5) is 5.09. The van der Waals surface area contributed by atoms with Crippen LogP contribution in [0.15, 0.2) is 18.2 Å². The number of piperazine rings is 1. The highest BCUT2D eigenvalue weighted by atomic mass is 35.5. The summed E-state index contributed by atoms with van der Waals surface area (Å²) in [6.45, 7) is 7.87. The van der Waals surface area contributed by atoms with Gasteiger partial charge >= 0.3 is 0 Å². The topological polar surface area (TPSA) is 18.5 Å². The lowest BCUT2D eigenvalue weighted by Crippen LogP contribution is -2.47. The van der Waals surface area contributed by atoms with Crippen LogP contribution in [0.2, 0.25) is 5.02 Å². The number of nitrogens with one attached hydrogen (secondary N) is 1. The van der Waals surface area contributed by atoms with Gasteiger partial charge in [-0.25, -0.2) is 0 Å². The highest BCUT2D eigenvalue weighted by Crippen LogP contribution is 2.30. The average Bonchev–Trinajstić information content (AvgIpc) is 2.63. The van der Waals surface area contributed by atoms with E-state index in [9.17, 15) is 0 Å². The average molecular weight is 350 g/mol. The van der Waals surface area contributed by atoms with Gasteiger partial charge in [-0.3, -0.25) is 4.90 Å². The molecule has 1 saturated heterocycles. The summed E-state index contributed by atoms with van der Waals surface area (Å²) in [5, 5.41) is 4.36. The molecule has 1 heterocycles. The summed E-state index contributed by atoms with van der Waals surface area (Å²) >= 11 is 6.49. The van der Waals surface area contributed by atoms with E-state index in [1.165, 1.54) is 49.9 Å². The van der Waals surface area contributed by atoms with E-state index in [0.29, 0.717) is 0 Å². The number of aryl methyl sites for hydroxylation is 1. The Hall–Kier alpha value is -0.770. The minimum absolute atomic E-state index is 0.767. The van der Waals surface area contributed by atoms with Crippen molar-refractivity contribution < 1.29 is 0 Å². The van der Waals surface area contributed by atoms with Gasteiger partial charge in [0.2, 0.25) is 0 Å². The molecule has 0 aromatic heterocycles. The Bertz CT molecular complexity index is 518. The highest BCUT2D eigenvalue weighted by Gasteiger charge is 2.23. The highest BCUT2D eigenvalue weighted by molar-refractivity contribution is 6.34. The minimum Gasteiger partial charge on any atom is -0.368 e. The number of hydrogen-bond donors (Lipinski definition) is 1. The number of anilines is 1. The molecule has 1 aliphatic heterocycles. The minimum atomic E-state index is 0.767. The maximum atomic E-state index is 6.49. The first-order chi connectivity index (χ1) is 11.7. The van der Waals surface area contributed by atoms with E-state index >= 15 is 0 Å². The largest absolute Gasteiger partial charge is 0.368 e. The fourth-order valence-electron chi connectivity index (χ4n) is 4.19. The molecule has 1 aromatic rings. The van der Waals surface area contributed by atoms with Crippen LogP contribution in [-0.2, 0) is 0 Å². The standard InChI is InChI=1S/C20H32ClN3/c1-16-4-3-5-19(20(16)21)24-14-12-23(13-15-24)11-10-17-6-8-18(22-2)9-7-17/h3-5,17-18,22H,6-15H2,1-2H3/t17-,18-. The zero-order valence-corrected chi connectivity index (χ0v) is 16.0. The molecule has 1 N–H and O–H groups in total. The van der Waals surface area contributed by atoms with E-state index in [1.54, 1.807) is 0 Å². The van der Waals surface area contributed by atoms with Gasteiger partial charge in [-0.05, 0) is 70.2 Å². The SMILES string of the molecule is CN[C@H]1CC[C@H](CCN2CCN(c3cccc(C)c3Cl)CC2)CC1. The lowest BCUT2D eigenvalue weighted by atomic mass is 9.84. The van der Waals surface area contributed by atoms with Gasteiger partial charge in [0, 0.05) is 32.2 Å². The first kappa shape index (κ1) is 18.0. The molecule has 1 saturated carbocycles. The van der Waals surface area contributed by atoms with E-state index < -0.39 is 0 Å². The Kier molecular flexibility index (Phi) is 6.43. The van der Waals surface area contributed by atoms with Gasteiger partial charge in [0.25, 0.3) is 0 Å². The fraction of sp³-hybridized carbons (Fsp3) is 0.700. The molecule has 2 fully saturated rings. The van der Waals surface area contributed by atoms with E-state index in [2.05, 4.69) is 47.3 Å². The zero-order chi connectivity index (χ0) is 16.9. The summed E-state index contributed by atoms with van der Waals surface area (Å²) < 4.78 is 0. The predicted molar refractivity (Wildman–Crippen MR) is 104 cm³/mol. The second kappa shape index (κ2) is 8.55. The van der Waals surface area contributed by atoms with Gasteiger partial charge in [-0.1, -0.05) is 23.7 Å². The molecule has 0 unspecified atom stereocenters. The van der Waals surface area contributed by atoms with Crippen molar-refractivity contribution in [2.24, 2.45) is 5.92 Å². The summed E-state index contributed by atoms with van der Waals surface area (Å²) in [7, 11) is 2.10. The molecule has 0 amide bonds. The van der Waals surface area contributed by atoms with Crippen molar-refractivity contribution in [1.82, 2.24) is 10.2 Å². The molecular weight excluding hydrogens is 318 g/mol. The van der Waals surface area contributed by atoms with E-state index in [4.69, 9.17) is 11.6 Å². The summed E-state index contributed by atoms with van der Waals surface area (Å²) in [5.41, 5.74) is 2.38. The molecule has 2 aliphatic rings. The first-order valence-corrected chi connectivity index (χ1v) is 9.95. The van der Waals surface area contributed by atoms with Crippen LogP contribution in [0.5, 0.6) is 0 Å². The van der Waals surface area contributed by atoms with Crippen LogP contribution in [0.25, 0.3) is 0 Å². The molecule has 0 atom stereocenters. The van der Waals surface area contributed by atoms with Crippen molar-refractivity contribution in [2.75, 3.05) is 44.7 Å². The molecule has 0 spiro atoms. The van der Waals surface area contributed by atoms with Crippen LogP contribution in [0, 0.1) is 12.8 Å². The second-order valence-electron chi connectivity index (χ2n) is 7.53. The van der Waals surface area contributed by atoms with E-state index in [0.717, 1.165) is 43.2 Å². The van der Waals surface area contributed by atoms with Crippen LogP contribution in [0.4, 0.5) is 5.69 Å². The van der Waals surface area contributed by atoms with Crippen molar-refractivity contribution in [3.05, 3.63) is 28.8 Å². The summed E-state index contributed by atoms with van der Waals surface area (Å²) in [6, 6.07) is 7.13. The molecule has 1 aromatic carbocycles. The van der Waals surface area contributed by atoms with Gasteiger partial charge in [-0.2, -0.15) is 0 Å². The second-order valence-corrected chi connectivity index (χ2v) is 7.91. The molecule has 3 rings (SSSR count). The zero-order valence-electron chi connectivity index (χ0n) is 15.2. The monoisotopic (exact) mass is 349 g/mol. The van der Waals surface area contributed by atoms with Gasteiger partial charge < -0.3 is 10.2 Å². The molecule has 24 heavy (non-hydrogen) atoms. The third-order valence-corrected chi connectivity index (χ3v) is 6.48. The molecule has 134 valence electrons. The third-order valence-electron chi connectivity index (χ3n) is 5.99. The van der Waals surface area contributed by atoms with Crippen molar-refractivity contribution in [2.45, 2.75) is 45.1 Å². The number of hydrogen-bond acceptors (Lipinski definition) is 3. The molecule has 0 radical (unpaired) electrons.